The Morgan fingerprint density at radius 3 is 2.53 bits per heavy atom. The average molecular weight is 220 g/mol. The molecular weight excluding hydrogens is 208 g/mol. The van der Waals surface area contributed by atoms with Crippen LogP contribution in [0.5, 0.6) is 0 Å². The van der Waals surface area contributed by atoms with E-state index in [0.29, 0.717) is 5.69 Å². The van der Waals surface area contributed by atoms with Gasteiger partial charge in [0.2, 0.25) is 0 Å². The van der Waals surface area contributed by atoms with E-state index in [2.05, 4.69) is 35.3 Å². The van der Waals surface area contributed by atoms with Crippen LogP contribution < -0.4 is 5.73 Å². The molecule has 17 heavy (non-hydrogen) atoms. The first-order valence-corrected chi connectivity index (χ1v) is 5.54. The van der Waals surface area contributed by atoms with E-state index in [1.54, 1.807) is 12.4 Å². The predicted molar refractivity (Wildman–Crippen MR) is 71.6 cm³/mol. The molecule has 0 atom stereocenters. The molecule has 0 saturated heterocycles. The maximum Gasteiger partial charge on any atom is 0.0580 e. The molecule has 1 heterocycles. The van der Waals surface area contributed by atoms with Gasteiger partial charge in [-0.1, -0.05) is 42.5 Å². The molecule has 0 saturated carbocycles. The number of pyridine rings is 1. The molecular formula is C15H12N2. The van der Waals surface area contributed by atoms with Crippen molar-refractivity contribution in [3.63, 3.8) is 0 Å². The lowest BCUT2D eigenvalue weighted by Crippen LogP contribution is -1.91. The van der Waals surface area contributed by atoms with Crippen molar-refractivity contribution in [3.05, 3.63) is 60.9 Å². The molecule has 2 aromatic carbocycles. The number of benzene rings is 2. The number of rotatable bonds is 1. The molecule has 2 N–H and O–H groups in total. The molecule has 0 bridgehead atoms. The number of nitrogens with zero attached hydrogens (tertiary/aromatic N) is 1. The van der Waals surface area contributed by atoms with Gasteiger partial charge in [-0.25, -0.2) is 0 Å². The Labute approximate surface area is 99.7 Å². The lowest BCUT2D eigenvalue weighted by Gasteiger charge is -2.08. The molecule has 0 unspecified atom stereocenters. The summed E-state index contributed by atoms with van der Waals surface area (Å²) in [7, 11) is 0. The Morgan fingerprint density at radius 1 is 0.824 bits per heavy atom. The summed E-state index contributed by atoms with van der Waals surface area (Å²) >= 11 is 0. The number of fused-ring (bicyclic) bond motifs is 1. The van der Waals surface area contributed by atoms with Crippen molar-refractivity contribution in [2.75, 3.05) is 5.73 Å². The first kappa shape index (κ1) is 9.85. The molecule has 0 spiro atoms. The predicted octanol–water partition coefficient (Wildman–Crippen LogP) is 3.48. The minimum atomic E-state index is 0.712. The van der Waals surface area contributed by atoms with Gasteiger partial charge in [0.15, 0.2) is 0 Å². The van der Waals surface area contributed by atoms with E-state index in [4.69, 9.17) is 5.73 Å². The molecule has 0 aliphatic heterocycles. The van der Waals surface area contributed by atoms with Gasteiger partial charge in [0.1, 0.15) is 0 Å². The van der Waals surface area contributed by atoms with Crippen LogP contribution in [0.25, 0.3) is 21.9 Å². The molecule has 2 nitrogen and oxygen atoms in total. The summed E-state index contributed by atoms with van der Waals surface area (Å²) in [6.45, 7) is 0. The lowest BCUT2D eigenvalue weighted by atomic mass is 9.98. The first-order chi connectivity index (χ1) is 8.36. The third-order valence-corrected chi connectivity index (χ3v) is 2.93. The van der Waals surface area contributed by atoms with Crippen LogP contribution >= 0.6 is 0 Å². The van der Waals surface area contributed by atoms with E-state index in [0.717, 1.165) is 11.1 Å². The minimum Gasteiger partial charge on any atom is -0.397 e. The van der Waals surface area contributed by atoms with Crippen LogP contribution in [0.1, 0.15) is 0 Å². The number of nitrogens with two attached hydrogens (primary N) is 1. The van der Waals surface area contributed by atoms with E-state index in [1.165, 1.54) is 10.8 Å². The van der Waals surface area contributed by atoms with Crippen molar-refractivity contribution in [1.29, 1.82) is 0 Å². The lowest BCUT2D eigenvalue weighted by molar-refractivity contribution is 1.33. The van der Waals surface area contributed by atoms with Crippen molar-refractivity contribution in [2.45, 2.75) is 0 Å². The molecule has 1 aromatic heterocycles. The van der Waals surface area contributed by atoms with Gasteiger partial charge in [-0.15, -0.1) is 0 Å². The van der Waals surface area contributed by atoms with Gasteiger partial charge in [0.25, 0.3) is 0 Å². The first-order valence-electron chi connectivity index (χ1n) is 5.54. The van der Waals surface area contributed by atoms with Gasteiger partial charge >= 0.3 is 0 Å². The third kappa shape index (κ3) is 1.64. The van der Waals surface area contributed by atoms with E-state index >= 15 is 0 Å². The Hall–Kier alpha value is -2.35. The molecule has 82 valence electrons. The van der Waals surface area contributed by atoms with Crippen molar-refractivity contribution >= 4 is 16.5 Å². The van der Waals surface area contributed by atoms with Gasteiger partial charge in [-0.3, -0.25) is 4.98 Å². The van der Waals surface area contributed by atoms with E-state index < -0.39 is 0 Å². The van der Waals surface area contributed by atoms with Crippen molar-refractivity contribution in [3.8, 4) is 11.1 Å². The summed E-state index contributed by atoms with van der Waals surface area (Å²) in [5.74, 6) is 0. The topological polar surface area (TPSA) is 38.9 Å². The van der Waals surface area contributed by atoms with Gasteiger partial charge < -0.3 is 5.73 Å². The van der Waals surface area contributed by atoms with Gasteiger partial charge in [0, 0.05) is 11.8 Å². The molecule has 3 rings (SSSR count). The summed E-state index contributed by atoms with van der Waals surface area (Å²) in [6.07, 6.45) is 3.46. The Kier molecular flexibility index (Phi) is 2.26. The fraction of sp³-hybridized carbons (Fsp3) is 0. The van der Waals surface area contributed by atoms with Crippen molar-refractivity contribution < 1.29 is 0 Å². The highest BCUT2D eigenvalue weighted by Gasteiger charge is 2.05. The third-order valence-electron chi connectivity index (χ3n) is 2.93. The Balaban J connectivity index is 2.35. The number of anilines is 1. The van der Waals surface area contributed by atoms with Gasteiger partial charge in [-0.05, 0) is 22.4 Å². The fourth-order valence-corrected chi connectivity index (χ4v) is 2.11. The Bertz CT molecular complexity index is 669. The number of nitrogen functional groups attached to an aromatic ring is 1. The summed E-state index contributed by atoms with van der Waals surface area (Å²) in [4.78, 5) is 4.03. The van der Waals surface area contributed by atoms with Crippen molar-refractivity contribution in [1.82, 2.24) is 4.98 Å². The second kappa shape index (κ2) is 3.91. The van der Waals surface area contributed by atoms with Gasteiger partial charge in [0.05, 0.1) is 11.9 Å². The highest BCUT2D eigenvalue weighted by atomic mass is 14.7. The maximum atomic E-state index is 5.98. The minimum absolute atomic E-state index is 0.712. The summed E-state index contributed by atoms with van der Waals surface area (Å²) in [5.41, 5.74) is 8.89. The van der Waals surface area contributed by atoms with E-state index in [9.17, 15) is 0 Å². The van der Waals surface area contributed by atoms with Crippen LogP contribution in [0, 0.1) is 0 Å². The van der Waals surface area contributed by atoms with Crippen LogP contribution in [0.4, 0.5) is 5.69 Å². The quantitative estimate of drug-likeness (QED) is 0.681. The molecule has 0 amide bonds. The second-order valence-electron chi connectivity index (χ2n) is 3.99. The normalized spacial score (nSPS) is 10.6. The van der Waals surface area contributed by atoms with Crippen LogP contribution in [0.15, 0.2) is 60.9 Å². The van der Waals surface area contributed by atoms with Gasteiger partial charge in [-0.2, -0.15) is 0 Å². The smallest absolute Gasteiger partial charge is 0.0580 e. The van der Waals surface area contributed by atoms with Crippen LogP contribution in [0.3, 0.4) is 0 Å². The average Bonchev–Trinajstić information content (AvgIpc) is 2.39. The fourth-order valence-electron chi connectivity index (χ4n) is 2.11. The summed E-state index contributed by atoms with van der Waals surface area (Å²) in [6, 6.07) is 16.5. The Morgan fingerprint density at radius 2 is 1.65 bits per heavy atom. The standard InChI is InChI=1S/C15H12N2/c16-15-10-17-9-8-14(15)13-7-3-5-11-4-1-2-6-12(11)13/h1-10H,16H2. The van der Waals surface area contributed by atoms with E-state index in [1.807, 2.05) is 18.2 Å². The van der Waals surface area contributed by atoms with E-state index in [-0.39, 0.29) is 0 Å². The molecule has 0 aliphatic carbocycles. The molecule has 0 aliphatic rings. The zero-order valence-corrected chi connectivity index (χ0v) is 9.30. The summed E-state index contributed by atoms with van der Waals surface area (Å²) < 4.78 is 0. The monoisotopic (exact) mass is 220 g/mol. The highest BCUT2D eigenvalue weighted by molar-refractivity contribution is 5.98. The summed E-state index contributed by atoms with van der Waals surface area (Å²) in [5, 5.41) is 2.44. The second-order valence-corrected chi connectivity index (χ2v) is 3.99. The number of aromatic nitrogens is 1. The zero-order chi connectivity index (χ0) is 11.7. The molecule has 0 fully saturated rings. The SMILES string of the molecule is Nc1cnccc1-c1cccc2ccccc12. The number of hydrogen-bond acceptors (Lipinski definition) is 2. The largest absolute Gasteiger partial charge is 0.397 e. The maximum absolute atomic E-state index is 5.98. The van der Waals surface area contributed by atoms with Crippen LogP contribution in [-0.4, -0.2) is 4.98 Å². The number of hydrogen-bond donors (Lipinski definition) is 1. The van der Waals surface area contributed by atoms with Crippen LogP contribution in [0.2, 0.25) is 0 Å². The highest BCUT2D eigenvalue weighted by Crippen LogP contribution is 2.31. The van der Waals surface area contributed by atoms with Crippen LogP contribution in [-0.2, 0) is 0 Å². The zero-order valence-electron chi connectivity index (χ0n) is 9.30. The van der Waals surface area contributed by atoms with Crippen molar-refractivity contribution in [2.24, 2.45) is 0 Å². The molecule has 3 aromatic rings. The molecule has 0 radical (unpaired) electrons. The molecule has 2 heteroatoms.